The maximum absolute atomic E-state index is 12.8. The number of likely N-dealkylation sites (tertiary alicyclic amines) is 1. The van der Waals surface area contributed by atoms with Gasteiger partial charge in [0.15, 0.2) is 0 Å². The van der Waals surface area contributed by atoms with E-state index in [1.807, 2.05) is 42.5 Å². The molecule has 1 saturated heterocycles. The molecule has 5 nitrogen and oxygen atoms in total. The Morgan fingerprint density at radius 1 is 1.13 bits per heavy atom. The molecule has 0 bridgehead atoms. The summed E-state index contributed by atoms with van der Waals surface area (Å²) in [5.74, 6) is 0.997. The van der Waals surface area contributed by atoms with Crippen LogP contribution >= 0.6 is 0 Å². The number of pyridine rings is 1. The van der Waals surface area contributed by atoms with Crippen molar-refractivity contribution in [3.05, 3.63) is 60.3 Å². The first kappa shape index (κ1) is 20.0. The van der Waals surface area contributed by atoms with Crippen molar-refractivity contribution >= 4 is 28.2 Å². The van der Waals surface area contributed by atoms with E-state index >= 15 is 0 Å². The minimum atomic E-state index is 0.109. The van der Waals surface area contributed by atoms with Crippen molar-refractivity contribution in [1.82, 2.24) is 9.88 Å². The van der Waals surface area contributed by atoms with Crippen LogP contribution in [0.2, 0.25) is 0 Å². The molecule has 5 rings (SSSR count). The third kappa shape index (κ3) is 4.15. The quantitative estimate of drug-likeness (QED) is 0.526. The molecule has 2 aromatic carbocycles. The number of fused-ring (bicyclic) bond motifs is 2. The summed E-state index contributed by atoms with van der Waals surface area (Å²) in [5.41, 5.74) is 3.84. The van der Waals surface area contributed by atoms with Gasteiger partial charge in [-0.1, -0.05) is 18.2 Å². The number of carbonyl (C=O) groups is 1. The van der Waals surface area contributed by atoms with Gasteiger partial charge in [-0.3, -0.25) is 14.7 Å². The number of hydrogen-bond donors (Lipinski definition) is 0. The second-order valence-electron chi connectivity index (χ2n) is 8.64. The molecular formula is C26H29N3O2. The number of para-hydroxylation sites is 1. The van der Waals surface area contributed by atoms with Crippen LogP contribution < -0.4 is 9.64 Å². The van der Waals surface area contributed by atoms with Gasteiger partial charge in [0.25, 0.3) is 0 Å². The average molecular weight is 416 g/mol. The number of carbonyl (C=O) groups excluding carboxylic acids is 1. The molecule has 0 N–H and O–H groups in total. The molecule has 1 amide bonds. The molecule has 3 aromatic rings. The normalized spacial score (nSPS) is 19.1. The molecule has 2 aliphatic heterocycles. The number of aryl methyl sites for hydroxylation is 1. The fraction of sp³-hybridized carbons (Fsp3) is 0.385. The number of aromatic nitrogens is 1. The van der Waals surface area contributed by atoms with Crippen LogP contribution in [0.3, 0.4) is 0 Å². The van der Waals surface area contributed by atoms with Gasteiger partial charge in [-0.05, 0) is 75.0 Å². The second kappa shape index (κ2) is 8.67. The first-order chi connectivity index (χ1) is 15.2. The standard InChI is InChI=1S/C26H29N3O2/c1-19-6-4-13-28(19)14-5-15-31-23-10-11-25-21(17-23)9-12-26(30)29(25)22-16-20-7-2-3-8-24(20)27-18-22/h2-3,7-8,10-11,16-19H,4-6,9,12-15H2,1H3/t19-/m1/s1. The Balaban J connectivity index is 1.30. The molecule has 5 heteroatoms. The largest absolute Gasteiger partial charge is 0.494 e. The number of anilines is 2. The lowest BCUT2D eigenvalue weighted by Crippen LogP contribution is -2.31. The van der Waals surface area contributed by atoms with Gasteiger partial charge in [0.2, 0.25) is 5.91 Å². The summed E-state index contributed by atoms with van der Waals surface area (Å²) in [6, 6.07) is 16.8. The van der Waals surface area contributed by atoms with Crippen molar-refractivity contribution in [2.75, 3.05) is 24.6 Å². The fourth-order valence-corrected chi connectivity index (χ4v) is 4.81. The van der Waals surface area contributed by atoms with Crippen LogP contribution in [0.15, 0.2) is 54.7 Å². The Bertz CT molecular complexity index is 1100. The van der Waals surface area contributed by atoms with Gasteiger partial charge in [0, 0.05) is 24.4 Å². The van der Waals surface area contributed by atoms with Gasteiger partial charge < -0.3 is 9.64 Å². The van der Waals surface area contributed by atoms with E-state index in [1.165, 1.54) is 19.4 Å². The molecular weight excluding hydrogens is 386 g/mol. The van der Waals surface area contributed by atoms with Crippen molar-refractivity contribution in [1.29, 1.82) is 0 Å². The van der Waals surface area contributed by atoms with Crippen LogP contribution in [0.1, 0.15) is 38.2 Å². The Labute approximate surface area is 183 Å². The van der Waals surface area contributed by atoms with Gasteiger partial charge in [0.05, 0.1) is 29.7 Å². The number of ether oxygens (including phenoxy) is 1. The van der Waals surface area contributed by atoms with E-state index in [0.29, 0.717) is 12.5 Å². The molecule has 1 fully saturated rings. The fourth-order valence-electron chi connectivity index (χ4n) is 4.81. The van der Waals surface area contributed by atoms with Crippen molar-refractivity contribution in [3.63, 3.8) is 0 Å². The summed E-state index contributed by atoms with van der Waals surface area (Å²) in [7, 11) is 0. The zero-order valence-electron chi connectivity index (χ0n) is 18.1. The highest BCUT2D eigenvalue weighted by atomic mass is 16.5. The van der Waals surface area contributed by atoms with Gasteiger partial charge in [0.1, 0.15) is 5.75 Å². The Kier molecular flexibility index (Phi) is 5.60. The van der Waals surface area contributed by atoms with Crippen LogP contribution in [0.25, 0.3) is 10.9 Å². The van der Waals surface area contributed by atoms with E-state index in [2.05, 4.69) is 22.9 Å². The summed E-state index contributed by atoms with van der Waals surface area (Å²) in [4.78, 5) is 21.7. The molecule has 0 unspecified atom stereocenters. The van der Waals surface area contributed by atoms with Crippen LogP contribution in [-0.4, -0.2) is 41.5 Å². The average Bonchev–Trinajstić information content (AvgIpc) is 3.21. The van der Waals surface area contributed by atoms with Crippen molar-refractivity contribution in [2.45, 2.75) is 45.1 Å². The first-order valence-electron chi connectivity index (χ1n) is 11.4. The maximum Gasteiger partial charge on any atom is 0.231 e. The zero-order valence-corrected chi connectivity index (χ0v) is 18.1. The van der Waals surface area contributed by atoms with E-state index < -0.39 is 0 Å². The highest BCUT2D eigenvalue weighted by molar-refractivity contribution is 6.04. The molecule has 0 radical (unpaired) electrons. The molecule has 3 heterocycles. The lowest BCUT2D eigenvalue weighted by Gasteiger charge is -2.29. The lowest BCUT2D eigenvalue weighted by molar-refractivity contribution is -0.118. The topological polar surface area (TPSA) is 45.7 Å². The zero-order chi connectivity index (χ0) is 21.2. The molecule has 1 aromatic heterocycles. The third-order valence-electron chi connectivity index (χ3n) is 6.53. The summed E-state index contributed by atoms with van der Waals surface area (Å²) in [6.07, 6.45) is 6.70. The van der Waals surface area contributed by atoms with Gasteiger partial charge >= 0.3 is 0 Å². The number of benzene rings is 2. The molecule has 1 atom stereocenters. The molecule has 31 heavy (non-hydrogen) atoms. The number of hydrogen-bond acceptors (Lipinski definition) is 4. The summed E-state index contributed by atoms with van der Waals surface area (Å²) in [6.45, 7) is 5.35. The number of nitrogens with zero attached hydrogens (tertiary/aromatic N) is 3. The number of amides is 1. The van der Waals surface area contributed by atoms with Crippen molar-refractivity contribution in [3.8, 4) is 5.75 Å². The van der Waals surface area contributed by atoms with Gasteiger partial charge in [-0.25, -0.2) is 0 Å². The molecule has 160 valence electrons. The predicted molar refractivity (Wildman–Crippen MR) is 124 cm³/mol. The molecule has 0 aliphatic carbocycles. The second-order valence-corrected chi connectivity index (χ2v) is 8.64. The highest BCUT2D eigenvalue weighted by Crippen LogP contribution is 2.36. The smallest absolute Gasteiger partial charge is 0.231 e. The van der Waals surface area contributed by atoms with E-state index in [9.17, 15) is 4.79 Å². The van der Waals surface area contributed by atoms with Gasteiger partial charge in [-0.2, -0.15) is 0 Å². The van der Waals surface area contributed by atoms with Crippen molar-refractivity contribution < 1.29 is 9.53 Å². The highest BCUT2D eigenvalue weighted by Gasteiger charge is 2.26. The van der Waals surface area contributed by atoms with E-state index in [-0.39, 0.29) is 5.91 Å². The third-order valence-corrected chi connectivity index (χ3v) is 6.53. The lowest BCUT2D eigenvalue weighted by atomic mass is 10.00. The van der Waals surface area contributed by atoms with Crippen LogP contribution in [-0.2, 0) is 11.2 Å². The minimum absolute atomic E-state index is 0.109. The van der Waals surface area contributed by atoms with Gasteiger partial charge in [-0.15, -0.1) is 0 Å². The first-order valence-corrected chi connectivity index (χ1v) is 11.4. The van der Waals surface area contributed by atoms with Crippen LogP contribution in [0, 0.1) is 0 Å². The summed E-state index contributed by atoms with van der Waals surface area (Å²) >= 11 is 0. The minimum Gasteiger partial charge on any atom is -0.494 e. The predicted octanol–water partition coefficient (Wildman–Crippen LogP) is 5.10. The monoisotopic (exact) mass is 415 g/mol. The maximum atomic E-state index is 12.8. The number of rotatable bonds is 6. The van der Waals surface area contributed by atoms with Crippen LogP contribution in [0.4, 0.5) is 11.4 Å². The molecule has 0 saturated carbocycles. The Morgan fingerprint density at radius 3 is 2.90 bits per heavy atom. The summed E-state index contributed by atoms with van der Waals surface area (Å²) < 4.78 is 6.05. The van der Waals surface area contributed by atoms with E-state index in [0.717, 1.165) is 59.6 Å². The molecule has 2 aliphatic rings. The van der Waals surface area contributed by atoms with E-state index in [1.54, 1.807) is 11.1 Å². The summed E-state index contributed by atoms with van der Waals surface area (Å²) in [5, 5.41) is 1.03. The Morgan fingerprint density at radius 2 is 2.03 bits per heavy atom. The Hall–Kier alpha value is -2.92. The molecule has 0 spiro atoms. The van der Waals surface area contributed by atoms with Crippen molar-refractivity contribution in [2.24, 2.45) is 0 Å². The SMILES string of the molecule is C[C@@H]1CCCN1CCCOc1ccc2c(c1)CCC(=O)N2c1cnc2ccccc2c1. The van der Waals surface area contributed by atoms with E-state index in [4.69, 9.17) is 4.74 Å². The van der Waals surface area contributed by atoms with Crippen LogP contribution in [0.5, 0.6) is 5.75 Å².